The molecule has 0 N–H and O–H groups in total. The Balaban J connectivity index is 1.30. The average Bonchev–Trinajstić information content (AvgIpc) is 3.50. The van der Waals surface area contributed by atoms with Gasteiger partial charge in [0.25, 0.3) is 0 Å². The molecule has 1 heterocycles. The Labute approximate surface area is 271 Å². The van der Waals surface area contributed by atoms with Crippen LogP contribution in [0.25, 0.3) is 98.4 Å². The Morgan fingerprint density at radius 1 is 0.298 bits per heavy atom. The van der Waals surface area contributed by atoms with Gasteiger partial charge in [-0.25, -0.2) is 0 Å². The molecule has 0 amide bonds. The lowest BCUT2D eigenvalue weighted by Crippen LogP contribution is -1.92. The van der Waals surface area contributed by atoms with Gasteiger partial charge in [-0.05, 0) is 83.5 Å². The number of hydrogen-bond donors (Lipinski definition) is 0. The van der Waals surface area contributed by atoms with E-state index in [4.69, 9.17) is 4.42 Å². The third kappa shape index (κ3) is 3.97. The van der Waals surface area contributed by atoms with Crippen LogP contribution in [0.2, 0.25) is 0 Å². The zero-order valence-corrected chi connectivity index (χ0v) is 25.6. The number of para-hydroxylation sites is 1. The van der Waals surface area contributed by atoms with Gasteiger partial charge in [0.1, 0.15) is 11.2 Å². The summed E-state index contributed by atoms with van der Waals surface area (Å²) in [6, 6.07) is 61.5. The Hall–Kier alpha value is -6.18. The van der Waals surface area contributed by atoms with Gasteiger partial charge in [-0.3, -0.25) is 0 Å². The Kier molecular flexibility index (Phi) is 5.64. The first-order valence-corrected chi connectivity index (χ1v) is 16.2. The van der Waals surface area contributed by atoms with Crippen LogP contribution < -0.4 is 0 Å². The second-order valence-electron chi connectivity index (χ2n) is 12.4. The average molecular weight is 597 g/mol. The molecule has 0 unspecified atom stereocenters. The molecule has 0 aliphatic carbocycles. The fourth-order valence-corrected chi connectivity index (χ4v) is 7.69. The van der Waals surface area contributed by atoms with Gasteiger partial charge >= 0.3 is 0 Å². The van der Waals surface area contributed by atoms with Gasteiger partial charge in [0.2, 0.25) is 0 Å². The molecule has 1 aromatic heterocycles. The molecule has 0 fully saturated rings. The Bertz CT molecular complexity index is 2780. The Morgan fingerprint density at radius 2 is 0.851 bits per heavy atom. The number of fused-ring (bicyclic) bond motifs is 7. The molecule has 0 saturated carbocycles. The monoisotopic (exact) mass is 596 g/mol. The maximum Gasteiger partial charge on any atom is 0.143 e. The molecule has 0 radical (unpaired) electrons. The van der Waals surface area contributed by atoms with Crippen LogP contribution in [0.1, 0.15) is 0 Å². The second-order valence-corrected chi connectivity index (χ2v) is 12.4. The third-order valence-corrected chi connectivity index (χ3v) is 9.82. The van der Waals surface area contributed by atoms with Gasteiger partial charge < -0.3 is 4.42 Å². The van der Waals surface area contributed by atoms with Crippen molar-refractivity contribution in [2.45, 2.75) is 0 Å². The molecule has 10 rings (SSSR count). The number of hydrogen-bond acceptors (Lipinski definition) is 1. The number of furan rings is 1. The van der Waals surface area contributed by atoms with E-state index in [1.165, 1.54) is 70.9 Å². The zero-order valence-electron chi connectivity index (χ0n) is 25.6. The molecule has 1 heteroatoms. The van der Waals surface area contributed by atoms with Crippen LogP contribution in [0.5, 0.6) is 0 Å². The SMILES string of the molecule is c1ccc(-c2ccc3cccc(-c4c5ccccc5c(-c5cccc6c5oc5cc7ccccc7cc56)c5ccccc45)c3c2)cc1. The third-order valence-electron chi connectivity index (χ3n) is 9.82. The lowest BCUT2D eigenvalue weighted by molar-refractivity contribution is 0.670. The van der Waals surface area contributed by atoms with Crippen LogP contribution >= 0.6 is 0 Å². The predicted molar refractivity (Wildman–Crippen MR) is 200 cm³/mol. The minimum Gasteiger partial charge on any atom is -0.455 e. The maximum atomic E-state index is 6.77. The first-order valence-electron chi connectivity index (χ1n) is 16.2. The van der Waals surface area contributed by atoms with Crippen molar-refractivity contribution in [1.29, 1.82) is 0 Å². The van der Waals surface area contributed by atoms with Crippen LogP contribution in [0.3, 0.4) is 0 Å². The van der Waals surface area contributed by atoms with E-state index >= 15 is 0 Å². The predicted octanol–water partition coefficient (Wildman–Crippen LogP) is 13.2. The van der Waals surface area contributed by atoms with Crippen LogP contribution in [0.15, 0.2) is 174 Å². The van der Waals surface area contributed by atoms with Gasteiger partial charge in [-0.2, -0.15) is 0 Å². The molecule has 0 spiro atoms. The fraction of sp³-hybridized carbons (Fsp3) is 0. The van der Waals surface area contributed by atoms with Crippen molar-refractivity contribution in [3.8, 4) is 33.4 Å². The molecule has 1 nitrogen and oxygen atoms in total. The molecule has 0 saturated heterocycles. The highest BCUT2D eigenvalue weighted by molar-refractivity contribution is 6.26. The quantitative estimate of drug-likeness (QED) is 0.185. The summed E-state index contributed by atoms with van der Waals surface area (Å²) >= 11 is 0. The molecule has 10 aromatic rings. The highest BCUT2D eigenvalue weighted by Crippen LogP contribution is 2.48. The molecular formula is C46H28O. The summed E-state index contributed by atoms with van der Waals surface area (Å²) in [5.41, 5.74) is 9.12. The number of rotatable bonds is 3. The molecule has 0 aliphatic rings. The van der Waals surface area contributed by atoms with E-state index < -0.39 is 0 Å². The van der Waals surface area contributed by atoms with E-state index in [9.17, 15) is 0 Å². The molecule has 218 valence electrons. The van der Waals surface area contributed by atoms with Crippen LogP contribution in [-0.2, 0) is 0 Å². The van der Waals surface area contributed by atoms with Gasteiger partial charge in [-0.15, -0.1) is 0 Å². The van der Waals surface area contributed by atoms with Gasteiger partial charge in [0.15, 0.2) is 0 Å². The van der Waals surface area contributed by atoms with E-state index in [1.807, 2.05) is 0 Å². The molecule has 47 heavy (non-hydrogen) atoms. The van der Waals surface area contributed by atoms with Crippen molar-refractivity contribution in [3.63, 3.8) is 0 Å². The van der Waals surface area contributed by atoms with Gasteiger partial charge in [-0.1, -0.05) is 152 Å². The summed E-state index contributed by atoms with van der Waals surface area (Å²) in [6.45, 7) is 0. The summed E-state index contributed by atoms with van der Waals surface area (Å²) in [4.78, 5) is 0. The molecule has 0 atom stereocenters. The van der Waals surface area contributed by atoms with E-state index in [1.54, 1.807) is 0 Å². The van der Waals surface area contributed by atoms with E-state index in [2.05, 4.69) is 170 Å². The summed E-state index contributed by atoms with van der Waals surface area (Å²) in [7, 11) is 0. The fourth-order valence-electron chi connectivity index (χ4n) is 7.69. The molecule has 9 aromatic carbocycles. The minimum atomic E-state index is 0.918. The van der Waals surface area contributed by atoms with Crippen molar-refractivity contribution in [2.24, 2.45) is 0 Å². The van der Waals surface area contributed by atoms with E-state index in [-0.39, 0.29) is 0 Å². The van der Waals surface area contributed by atoms with Crippen LogP contribution in [0.4, 0.5) is 0 Å². The van der Waals surface area contributed by atoms with Crippen LogP contribution in [-0.4, -0.2) is 0 Å². The van der Waals surface area contributed by atoms with Crippen molar-refractivity contribution in [1.82, 2.24) is 0 Å². The topological polar surface area (TPSA) is 13.1 Å². The maximum absolute atomic E-state index is 6.77. The van der Waals surface area contributed by atoms with Crippen LogP contribution in [0, 0.1) is 0 Å². The summed E-state index contributed by atoms with van der Waals surface area (Å²) in [5, 5.41) is 12.1. The highest BCUT2D eigenvalue weighted by atomic mass is 16.3. The normalized spacial score (nSPS) is 11.8. The smallest absolute Gasteiger partial charge is 0.143 e. The summed E-state index contributed by atoms with van der Waals surface area (Å²) < 4.78 is 6.77. The standard InChI is InChI=1S/C46H28O/c1-2-12-29(13-3-1)33-25-24-30-16-10-21-38(41(30)26-33)44-34-17-6-8-19-36(34)45(37-20-9-7-18-35(37)44)40-23-11-22-39-42-27-31-14-4-5-15-32(31)28-43(42)47-46(39)40/h1-28H. The van der Waals surface area contributed by atoms with Crippen molar-refractivity contribution in [3.05, 3.63) is 170 Å². The van der Waals surface area contributed by atoms with Crippen molar-refractivity contribution < 1.29 is 4.42 Å². The largest absolute Gasteiger partial charge is 0.455 e. The molecule has 0 bridgehead atoms. The number of benzene rings is 9. The first kappa shape index (κ1) is 26.1. The van der Waals surface area contributed by atoms with Gasteiger partial charge in [0, 0.05) is 21.9 Å². The molecule has 0 aliphatic heterocycles. The lowest BCUT2D eigenvalue weighted by Gasteiger charge is -2.19. The summed E-state index contributed by atoms with van der Waals surface area (Å²) in [5.74, 6) is 0. The van der Waals surface area contributed by atoms with Crippen molar-refractivity contribution >= 4 is 65.0 Å². The van der Waals surface area contributed by atoms with Crippen molar-refractivity contribution in [2.75, 3.05) is 0 Å². The lowest BCUT2D eigenvalue weighted by atomic mass is 9.84. The summed E-state index contributed by atoms with van der Waals surface area (Å²) in [6.07, 6.45) is 0. The highest BCUT2D eigenvalue weighted by Gasteiger charge is 2.21. The Morgan fingerprint density at radius 3 is 1.57 bits per heavy atom. The minimum absolute atomic E-state index is 0.918. The zero-order chi connectivity index (χ0) is 30.9. The molecular weight excluding hydrogens is 569 g/mol. The van der Waals surface area contributed by atoms with E-state index in [0.717, 1.165) is 27.5 Å². The second kappa shape index (κ2) is 10.2. The first-order chi connectivity index (χ1) is 23.3. The van der Waals surface area contributed by atoms with E-state index in [0.29, 0.717) is 0 Å². The van der Waals surface area contributed by atoms with Gasteiger partial charge in [0.05, 0.1) is 0 Å².